The van der Waals surface area contributed by atoms with E-state index < -0.39 is 5.91 Å². The van der Waals surface area contributed by atoms with E-state index in [1.807, 2.05) is 6.07 Å². The van der Waals surface area contributed by atoms with E-state index >= 15 is 0 Å². The van der Waals surface area contributed by atoms with Crippen LogP contribution < -0.4 is 10.6 Å². The smallest absolute Gasteiger partial charge is 0.293 e. The lowest BCUT2D eigenvalue weighted by molar-refractivity contribution is -0.114. The van der Waals surface area contributed by atoms with Crippen LogP contribution in [-0.2, 0) is 4.79 Å². The number of nitrogens with one attached hydrogen (secondary N) is 2. The number of furan rings is 1. The van der Waals surface area contributed by atoms with Gasteiger partial charge in [0.05, 0.1) is 0 Å². The van der Waals surface area contributed by atoms with Crippen molar-refractivity contribution in [3.8, 4) is 0 Å². The lowest BCUT2D eigenvalue weighted by Gasteiger charge is -2.06. The summed E-state index contributed by atoms with van der Waals surface area (Å²) in [6.07, 6.45) is 0. The summed E-state index contributed by atoms with van der Waals surface area (Å²) in [6.45, 7) is 1.38. The molecule has 3 aromatic rings. The molecule has 0 unspecified atom stereocenters. The van der Waals surface area contributed by atoms with Gasteiger partial charge in [-0.1, -0.05) is 23.7 Å². The summed E-state index contributed by atoms with van der Waals surface area (Å²) in [5.41, 5.74) is 1.46. The van der Waals surface area contributed by atoms with E-state index in [-0.39, 0.29) is 11.7 Å². The zero-order valence-corrected chi connectivity index (χ0v) is 13.0. The molecule has 1 aromatic heterocycles. The van der Waals surface area contributed by atoms with Gasteiger partial charge in [0.2, 0.25) is 11.7 Å². The fourth-order valence-corrected chi connectivity index (χ4v) is 2.35. The molecular weight excluding hydrogens is 316 g/mol. The summed E-state index contributed by atoms with van der Waals surface area (Å²) in [4.78, 5) is 23.9. The maximum absolute atomic E-state index is 12.5. The Morgan fingerprint density at radius 1 is 1.00 bits per heavy atom. The average molecular weight is 329 g/mol. The second-order valence-electron chi connectivity index (χ2n) is 4.94. The average Bonchev–Trinajstić information content (AvgIpc) is 2.88. The van der Waals surface area contributed by atoms with Gasteiger partial charge in [-0.2, -0.15) is 0 Å². The van der Waals surface area contributed by atoms with E-state index in [0.29, 0.717) is 27.4 Å². The van der Waals surface area contributed by atoms with Crippen LogP contribution in [0.3, 0.4) is 0 Å². The van der Waals surface area contributed by atoms with Crippen molar-refractivity contribution in [2.75, 3.05) is 10.6 Å². The molecule has 0 aliphatic heterocycles. The summed E-state index contributed by atoms with van der Waals surface area (Å²) < 4.78 is 5.60. The SMILES string of the molecule is CC(=O)Nc1c(C(=O)Nc2ccc(Cl)cc2)oc2ccccc12. The third-order valence-electron chi connectivity index (χ3n) is 3.20. The third-order valence-corrected chi connectivity index (χ3v) is 3.46. The van der Waals surface area contributed by atoms with E-state index in [4.69, 9.17) is 16.0 Å². The minimum atomic E-state index is -0.452. The summed E-state index contributed by atoms with van der Waals surface area (Å²) in [6, 6.07) is 13.8. The van der Waals surface area contributed by atoms with Crippen LogP contribution in [0.2, 0.25) is 5.02 Å². The summed E-state index contributed by atoms with van der Waals surface area (Å²) in [5, 5.41) is 6.62. The third kappa shape index (κ3) is 3.19. The van der Waals surface area contributed by atoms with Crippen molar-refractivity contribution < 1.29 is 14.0 Å². The molecule has 0 saturated heterocycles. The number of halogens is 1. The Hall–Kier alpha value is -2.79. The summed E-state index contributed by atoms with van der Waals surface area (Å²) in [5.74, 6) is -0.680. The van der Waals surface area contributed by atoms with E-state index in [9.17, 15) is 9.59 Å². The fraction of sp³-hybridized carbons (Fsp3) is 0.0588. The number of hydrogen-bond acceptors (Lipinski definition) is 3. The molecule has 0 atom stereocenters. The molecule has 116 valence electrons. The normalized spacial score (nSPS) is 10.5. The van der Waals surface area contributed by atoms with Gasteiger partial charge in [0.1, 0.15) is 11.3 Å². The largest absolute Gasteiger partial charge is 0.449 e. The monoisotopic (exact) mass is 328 g/mol. The van der Waals surface area contributed by atoms with Crippen LogP contribution in [0.1, 0.15) is 17.5 Å². The minimum absolute atomic E-state index is 0.0522. The standard InChI is InChI=1S/C17H13ClN2O3/c1-10(21)19-15-13-4-2-3-5-14(13)23-16(15)17(22)20-12-8-6-11(18)7-9-12/h2-9H,1H3,(H,19,21)(H,20,22). The lowest BCUT2D eigenvalue weighted by atomic mass is 10.2. The molecule has 2 N–H and O–H groups in total. The highest BCUT2D eigenvalue weighted by molar-refractivity contribution is 6.30. The first kappa shape index (κ1) is 15.1. The molecule has 0 spiro atoms. The molecule has 6 heteroatoms. The van der Waals surface area contributed by atoms with Crippen LogP contribution in [0.25, 0.3) is 11.0 Å². The van der Waals surface area contributed by atoms with Gasteiger partial charge < -0.3 is 15.1 Å². The topological polar surface area (TPSA) is 71.3 Å². The van der Waals surface area contributed by atoms with Gasteiger partial charge in [0.25, 0.3) is 5.91 Å². The number of benzene rings is 2. The van der Waals surface area contributed by atoms with Gasteiger partial charge in [-0.05, 0) is 36.4 Å². The predicted molar refractivity (Wildman–Crippen MR) is 89.9 cm³/mol. The first-order valence-electron chi connectivity index (χ1n) is 6.90. The molecule has 0 fully saturated rings. The molecule has 0 bridgehead atoms. The molecule has 2 aromatic carbocycles. The zero-order valence-electron chi connectivity index (χ0n) is 12.2. The van der Waals surface area contributed by atoms with Crippen LogP contribution in [0.15, 0.2) is 52.9 Å². The number of anilines is 2. The number of carbonyl (C=O) groups is 2. The number of rotatable bonds is 3. The molecule has 0 aliphatic rings. The Morgan fingerprint density at radius 3 is 2.39 bits per heavy atom. The second kappa shape index (κ2) is 6.14. The molecule has 0 saturated carbocycles. The maximum atomic E-state index is 12.5. The minimum Gasteiger partial charge on any atom is -0.449 e. The van der Waals surface area contributed by atoms with Gasteiger partial charge in [0.15, 0.2) is 0 Å². The molecule has 3 rings (SSSR count). The van der Waals surface area contributed by atoms with Crippen molar-refractivity contribution in [2.45, 2.75) is 6.92 Å². The Balaban J connectivity index is 1.98. The van der Waals surface area contributed by atoms with Crippen LogP contribution in [0, 0.1) is 0 Å². The van der Waals surface area contributed by atoms with Crippen molar-refractivity contribution in [3.63, 3.8) is 0 Å². The fourth-order valence-electron chi connectivity index (χ4n) is 2.23. The number of carbonyl (C=O) groups excluding carboxylic acids is 2. The summed E-state index contributed by atoms with van der Waals surface area (Å²) in [7, 11) is 0. The van der Waals surface area contributed by atoms with Gasteiger partial charge in [0, 0.05) is 23.0 Å². The van der Waals surface area contributed by atoms with E-state index in [1.165, 1.54) is 6.92 Å². The molecule has 2 amide bonds. The van der Waals surface area contributed by atoms with Crippen molar-refractivity contribution in [1.29, 1.82) is 0 Å². The molecule has 5 nitrogen and oxygen atoms in total. The number of hydrogen-bond donors (Lipinski definition) is 2. The maximum Gasteiger partial charge on any atom is 0.293 e. The first-order chi connectivity index (χ1) is 11.0. The van der Waals surface area contributed by atoms with Gasteiger partial charge in [-0.3, -0.25) is 9.59 Å². The molecular formula is C17H13ClN2O3. The van der Waals surface area contributed by atoms with E-state index in [2.05, 4.69) is 10.6 Å². The Kier molecular flexibility index (Phi) is 4.04. The second-order valence-corrected chi connectivity index (χ2v) is 5.38. The van der Waals surface area contributed by atoms with Crippen molar-refractivity contribution >= 4 is 45.8 Å². The highest BCUT2D eigenvalue weighted by atomic mass is 35.5. The lowest BCUT2D eigenvalue weighted by Crippen LogP contribution is -2.15. The van der Waals surface area contributed by atoms with Crippen LogP contribution in [-0.4, -0.2) is 11.8 Å². The number of para-hydroxylation sites is 1. The Morgan fingerprint density at radius 2 is 1.70 bits per heavy atom. The van der Waals surface area contributed by atoms with E-state index in [0.717, 1.165) is 0 Å². The quantitative estimate of drug-likeness (QED) is 0.753. The van der Waals surface area contributed by atoms with Crippen molar-refractivity contribution in [3.05, 3.63) is 59.3 Å². The highest BCUT2D eigenvalue weighted by Gasteiger charge is 2.21. The van der Waals surface area contributed by atoms with Gasteiger partial charge >= 0.3 is 0 Å². The molecule has 0 radical (unpaired) electrons. The summed E-state index contributed by atoms with van der Waals surface area (Å²) >= 11 is 5.82. The Labute approximate surface area is 137 Å². The zero-order chi connectivity index (χ0) is 16.4. The molecule has 0 aliphatic carbocycles. The molecule has 1 heterocycles. The van der Waals surface area contributed by atoms with E-state index in [1.54, 1.807) is 42.5 Å². The van der Waals surface area contributed by atoms with Crippen LogP contribution in [0.5, 0.6) is 0 Å². The first-order valence-corrected chi connectivity index (χ1v) is 7.28. The predicted octanol–water partition coefficient (Wildman–Crippen LogP) is 4.30. The van der Waals surface area contributed by atoms with Crippen molar-refractivity contribution in [1.82, 2.24) is 0 Å². The Bertz CT molecular complexity index is 884. The number of amides is 2. The van der Waals surface area contributed by atoms with Crippen LogP contribution in [0.4, 0.5) is 11.4 Å². The van der Waals surface area contributed by atoms with Crippen LogP contribution >= 0.6 is 11.6 Å². The van der Waals surface area contributed by atoms with Gasteiger partial charge in [-0.15, -0.1) is 0 Å². The molecule has 23 heavy (non-hydrogen) atoms. The van der Waals surface area contributed by atoms with Gasteiger partial charge in [-0.25, -0.2) is 0 Å². The highest BCUT2D eigenvalue weighted by Crippen LogP contribution is 2.31. The van der Waals surface area contributed by atoms with Crippen molar-refractivity contribution in [2.24, 2.45) is 0 Å². The number of fused-ring (bicyclic) bond motifs is 1.